The summed E-state index contributed by atoms with van der Waals surface area (Å²) in [6.07, 6.45) is 4.16. The maximum atomic E-state index is 12.8. The van der Waals surface area contributed by atoms with Crippen LogP contribution in [0.25, 0.3) is 10.9 Å². The van der Waals surface area contributed by atoms with E-state index in [-0.39, 0.29) is 11.0 Å². The zero-order chi connectivity index (χ0) is 21.6. The van der Waals surface area contributed by atoms with E-state index in [0.717, 1.165) is 55.4 Å². The van der Waals surface area contributed by atoms with Crippen molar-refractivity contribution < 1.29 is 0 Å². The maximum absolute atomic E-state index is 12.8. The summed E-state index contributed by atoms with van der Waals surface area (Å²) in [6.45, 7) is 10.8. The van der Waals surface area contributed by atoms with E-state index in [4.69, 9.17) is 0 Å². The molecule has 2 fully saturated rings. The van der Waals surface area contributed by atoms with E-state index in [1.165, 1.54) is 12.8 Å². The third-order valence-electron chi connectivity index (χ3n) is 6.35. The number of benzene rings is 1. The Morgan fingerprint density at radius 2 is 1.71 bits per heavy atom. The van der Waals surface area contributed by atoms with Crippen LogP contribution in [0.4, 0.5) is 11.5 Å². The van der Waals surface area contributed by atoms with Crippen molar-refractivity contribution >= 4 is 22.4 Å². The first-order valence-electron chi connectivity index (χ1n) is 11.2. The molecule has 5 rings (SSSR count). The van der Waals surface area contributed by atoms with Gasteiger partial charge in [0.25, 0.3) is 5.56 Å². The number of aromatic nitrogens is 4. The van der Waals surface area contributed by atoms with Crippen LogP contribution in [-0.2, 0) is 12.0 Å². The highest BCUT2D eigenvalue weighted by Crippen LogP contribution is 2.30. The molecular formula is C24H30N6O. The van der Waals surface area contributed by atoms with Gasteiger partial charge < -0.3 is 9.80 Å². The number of rotatable bonds is 4. The summed E-state index contributed by atoms with van der Waals surface area (Å²) in [7, 11) is 0. The van der Waals surface area contributed by atoms with Gasteiger partial charge in [-0.15, -0.1) is 5.10 Å². The van der Waals surface area contributed by atoms with Gasteiger partial charge in [-0.1, -0.05) is 20.8 Å². The Bertz CT molecular complexity index is 1140. The Balaban J connectivity index is 1.28. The molecule has 1 saturated heterocycles. The van der Waals surface area contributed by atoms with Gasteiger partial charge in [-0.25, -0.2) is 4.98 Å². The topological polar surface area (TPSA) is 67.2 Å². The zero-order valence-electron chi connectivity index (χ0n) is 18.6. The van der Waals surface area contributed by atoms with E-state index >= 15 is 0 Å². The van der Waals surface area contributed by atoms with Gasteiger partial charge in [-0.05, 0) is 49.1 Å². The normalized spacial score (nSPS) is 17.4. The van der Waals surface area contributed by atoms with Crippen molar-refractivity contribution in [3.05, 3.63) is 52.7 Å². The van der Waals surface area contributed by atoms with E-state index in [9.17, 15) is 4.79 Å². The van der Waals surface area contributed by atoms with Gasteiger partial charge in [-0.2, -0.15) is 5.10 Å². The highest BCUT2D eigenvalue weighted by molar-refractivity contribution is 5.81. The smallest absolute Gasteiger partial charge is 0.261 e. The molecule has 3 heterocycles. The van der Waals surface area contributed by atoms with Gasteiger partial charge in [-0.3, -0.25) is 9.36 Å². The highest BCUT2D eigenvalue weighted by Gasteiger charge is 2.23. The van der Waals surface area contributed by atoms with Crippen LogP contribution in [-0.4, -0.2) is 45.9 Å². The summed E-state index contributed by atoms with van der Waals surface area (Å²) in [5, 5.41) is 9.60. The van der Waals surface area contributed by atoms with Gasteiger partial charge in [0.2, 0.25) is 0 Å². The molecule has 0 spiro atoms. The minimum atomic E-state index is 0.00939. The van der Waals surface area contributed by atoms with Crippen molar-refractivity contribution in [1.29, 1.82) is 0 Å². The number of anilines is 2. The lowest BCUT2D eigenvalue weighted by atomic mass is 9.92. The third-order valence-corrected chi connectivity index (χ3v) is 6.35. The minimum Gasteiger partial charge on any atom is -0.368 e. The third kappa shape index (κ3) is 4.13. The molecule has 0 bridgehead atoms. The van der Waals surface area contributed by atoms with Crippen molar-refractivity contribution in [3.63, 3.8) is 0 Å². The van der Waals surface area contributed by atoms with Crippen LogP contribution in [0.2, 0.25) is 0 Å². The van der Waals surface area contributed by atoms with E-state index in [2.05, 4.69) is 64.0 Å². The number of piperazine rings is 1. The van der Waals surface area contributed by atoms with Crippen molar-refractivity contribution in [1.82, 2.24) is 19.7 Å². The molecule has 31 heavy (non-hydrogen) atoms. The molecule has 1 aliphatic heterocycles. The molecule has 1 saturated carbocycles. The second-order valence-corrected chi connectivity index (χ2v) is 9.85. The predicted molar refractivity (Wildman–Crippen MR) is 124 cm³/mol. The van der Waals surface area contributed by atoms with Gasteiger partial charge >= 0.3 is 0 Å². The van der Waals surface area contributed by atoms with E-state index in [0.29, 0.717) is 11.3 Å². The fourth-order valence-electron chi connectivity index (χ4n) is 4.14. The highest BCUT2D eigenvalue weighted by atomic mass is 16.1. The number of hydrogen-bond donors (Lipinski definition) is 0. The van der Waals surface area contributed by atoms with Crippen molar-refractivity contribution in [2.24, 2.45) is 5.92 Å². The first-order valence-corrected chi connectivity index (χ1v) is 11.2. The monoisotopic (exact) mass is 418 g/mol. The quantitative estimate of drug-likeness (QED) is 0.648. The lowest BCUT2D eigenvalue weighted by molar-refractivity contribution is 0.556. The fourth-order valence-corrected chi connectivity index (χ4v) is 4.14. The van der Waals surface area contributed by atoms with Gasteiger partial charge in [0.05, 0.1) is 22.9 Å². The summed E-state index contributed by atoms with van der Waals surface area (Å²) in [4.78, 5) is 22.0. The average Bonchev–Trinajstić information content (AvgIpc) is 3.59. The summed E-state index contributed by atoms with van der Waals surface area (Å²) in [5.41, 5.74) is 2.99. The maximum Gasteiger partial charge on any atom is 0.261 e. The fraction of sp³-hybridized carbons (Fsp3) is 0.500. The molecule has 0 radical (unpaired) electrons. The van der Waals surface area contributed by atoms with Crippen molar-refractivity contribution in [3.8, 4) is 0 Å². The van der Waals surface area contributed by atoms with Crippen LogP contribution >= 0.6 is 0 Å². The molecule has 1 aromatic carbocycles. The molecule has 0 amide bonds. The summed E-state index contributed by atoms with van der Waals surface area (Å²) in [5.74, 6) is 1.59. The Labute approximate surface area is 182 Å². The second kappa shape index (κ2) is 7.62. The molecule has 2 aromatic heterocycles. The number of nitrogens with zero attached hydrogens (tertiary/aromatic N) is 6. The van der Waals surface area contributed by atoms with Gasteiger partial charge in [0.15, 0.2) is 5.82 Å². The summed E-state index contributed by atoms with van der Waals surface area (Å²) < 4.78 is 1.77. The average molecular weight is 419 g/mol. The van der Waals surface area contributed by atoms with Crippen molar-refractivity contribution in [2.75, 3.05) is 36.0 Å². The largest absolute Gasteiger partial charge is 0.368 e. The molecule has 1 aliphatic carbocycles. The Morgan fingerprint density at radius 3 is 2.35 bits per heavy atom. The van der Waals surface area contributed by atoms with E-state index in [1.807, 2.05) is 12.1 Å². The number of hydrogen-bond acceptors (Lipinski definition) is 6. The molecule has 7 heteroatoms. The number of fused-ring (bicyclic) bond motifs is 1. The molecular weight excluding hydrogens is 388 g/mol. The lowest BCUT2D eigenvalue weighted by Crippen LogP contribution is -2.47. The lowest BCUT2D eigenvalue weighted by Gasteiger charge is -2.36. The van der Waals surface area contributed by atoms with Crippen LogP contribution in [0, 0.1) is 5.92 Å². The first kappa shape index (κ1) is 20.0. The van der Waals surface area contributed by atoms with Crippen LogP contribution in [0.5, 0.6) is 0 Å². The Hall–Kier alpha value is -2.96. The molecule has 2 aliphatic rings. The zero-order valence-corrected chi connectivity index (χ0v) is 18.6. The van der Waals surface area contributed by atoms with Gasteiger partial charge in [0, 0.05) is 43.8 Å². The second-order valence-electron chi connectivity index (χ2n) is 9.85. The standard InChI is InChI=1S/C24H30N6O/c1-24(2,3)21-8-9-22(27-26-21)29-12-10-28(11-13-29)18-6-7-19-20(14-18)25-16-30(23(19)31)15-17-4-5-17/h6-9,14,16-17H,4-5,10-13,15H2,1-3H3. The molecule has 0 unspecified atom stereocenters. The predicted octanol–water partition coefficient (Wildman–Crippen LogP) is 3.22. The van der Waals surface area contributed by atoms with Crippen LogP contribution in [0.3, 0.4) is 0 Å². The molecule has 7 nitrogen and oxygen atoms in total. The minimum absolute atomic E-state index is 0.00939. The summed E-state index contributed by atoms with van der Waals surface area (Å²) >= 11 is 0. The Morgan fingerprint density at radius 1 is 0.968 bits per heavy atom. The van der Waals surface area contributed by atoms with Crippen LogP contribution < -0.4 is 15.4 Å². The van der Waals surface area contributed by atoms with Gasteiger partial charge in [0.1, 0.15) is 0 Å². The van der Waals surface area contributed by atoms with E-state index < -0.39 is 0 Å². The molecule has 3 aromatic rings. The summed E-state index contributed by atoms with van der Waals surface area (Å²) in [6, 6.07) is 10.2. The SMILES string of the molecule is CC(C)(C)c1ccc(N2CCN(c3ccc4c(=O)n(CC5CC5)cnc4c3)CC2)nn1. The molecule has 0 N–H and O–H groups in total. The molecule has 162 valence electrons. The van der Waals surface area contributed by atoms with Crippen molar-refractivity contribution in [2.45, 2.75) is 45.6 Å². The Kier molecular flexibility index (Phi) is 4.91. The molecule has 0 atom stereocenters. The van der Waals surface area contributed by atoms with Crippen LogP contribution in [0.1, 0.15) is 39.3 Å². The van der Waals surface area contributed by atoms with E-state index in [1.54, 1.807) is 10.9 Å². The first-order chi connectivity index (χ1) is 14.9. The van der Waals surface area contributed by atoms with Crippen LogP contribution in [0.15, 0.2) is 41.5 Å².